The summed E-state index contributed by atoms with van der Waals surface area (Å²) in [5, 5.41) is 3.32. The number of guanidine groups is 1. The lowest BCUT2D eigenvalue weighted by molar-refractivity contribution is -0.121. The van der Waals surface area contributed by atoms with Crippen LogP contribution in [-0.4, -0.2) is 42.9 Å². The summed E-state index contributed by atoms with van der Waals surface area (Å²) < 4.78 is 13.1. The van der Waals surface area contributed by atoms with Gasteiger partial charge in [-0.05, 0) is 48.6 Å². The Bertz CT molecular complexity index is 900. The predicted molar refractivity (Wildman–Crippen MR) is 135 cm³/mol. The molecule has 3 N–H and O–H groups in total. The molecule has 2 aromatic rings. The molecule has 1 amide bonds. The van der Waals surface area contributed by atoms with Crippen molar-refractivity contribution in [1.29, 1.82) is 0 Å². The van der Waals surface area contributed by atoms with Gasteiger partial charge in [-0.3, -0.25) is 9.79 Å². The highest BCUT2D eigenvalue weighted by Crippen LogP contribution is 2.22. The molecular formula is C24H30FIN4O. The van der Waals surface area contributed by atoms with Crippen LogP contribution < -0.4 is 11.1 Å². The number of primary amides is 1. The molecule has 0 fully saturated rings. The van der Waals surface area contributed by atoms with Crippen molar-refractivity contribution < 1.29 is 9.18 Å². The second-order valence-electron chi connectivity index (χ2n) is 7.42. The van der Waals surface area contributed by atoms with Crippen molar-refractivity contribution >= 4 is 41.4 Å². The van der Waals surface area contributed by atoms with Crippen LogP contribution >= 0.6 is 24.0 Å². The van der Waals surface area contributed by atoms with Gasteiger partial charge >= 0.3 is 0 Å². The van der Waals surface area contributed by atoms with Crippen LogP contribution in [0.3, 0.4) is 0 Å². The van der Waals surface area contributed by atoms with E-state index in [-0.39, 0.29) is 29.8 Å². The highest BCUT2D eigenvalue weighted by Gasteiger charge is 2.19. The van der Waals surface area contributed by atoms with Gasteiger partial charge in [0.1, 0.15) is 5.82 Å². The number of nitrogens with one attached hydrogen (secondary N) is 1. The van der Waals surface area contributed by atoms with Gasteiger partial charge in [0.2, 0.25) is 5.91 Å². The van der Waals surface area contributed by atoms with Crippen molar-refractivity contribution in [2.24, 2.45) is 16.6 Å². The lowest BCUT2D eigenvalue weighted by Gasteiger charge is -2.30. The number of amides is 1. The van der Waals surface area contributed by atoms with E-state index in [0.717, 1.165) is 37.6 Å². The highest BCUT2D eigenvalue weighted by atomic mass is 127. The highest BCUT2D eigenvalue weighted by molar-refractivity contribution is 14.0. The Morgan fingerprint density at radius 1 is 1.19 bits per heavy atom. The third kappa shape index (κ3) is 7.34. The van der Waals surface area contributed by atoms with E-state index in [0.29, 0.717) is 13.0 Å². The van der Waals surface area contributed by atoms with Gasteiger partial charge in [-0.25, -0.2) is 4.39 Å². The number of rotatable bonds is 7. The van der Waals surface area contributed by atoms with E-state index in [2.05, 4.69) is 40.6 Å². The van der Waals surface area contributed by atoms with Gasteiger partial charge in [-0.15, -0.1) is 24.0 Å². The molecule has 0 saturated heterocycles. The van der Waals surface area contributed by atoms with Crippen molar-refractivity contribution in [1.82, 2.24) is 10.2 Å². The summed E-state index contributed by atoms with van der Waals surface area (Å²) in [6, 6.07) is 16.5. The molecule has 1 unspecified atom stereocenters. The third-order valence-corrected chi connectivity index (χ3v) is 5.25. The molecule has 7 heteroatoms. The Labute approximate surface area is 200 Å². The number of carbonyl (C=O) groups excluding carboxylic acids is 1. The standard InChI is InChI=1S/C24H29FN4O.HI/c1-2-27-24(29-14-12-20(13-15-29)19-6-4-3-5-7-19)28-17-21(23(26)30)16-18-8-10-22(25)11-9-18;/h3-12,21H,2,13-17H2,1H3,(H2,26,30)(H,27,28);1H. The first-order valence-electron chi connectivity index (χ1n) is 10.4. The minimum absolute atomic E-state index is 0. The second kappa shape index (κ2) is 12.4. The van der Waals surface area contributed by atoms with Gasteiger partial charge < -0.3 is 16.0 Å². The first-order chi connectivity index (χ1) is 14.6. The monoisotopic (exact) mass is 536 g/mol. The van der Waals surface area contributed by atoms with Crippen LogP contribution in [0.25, 0.3) is 5.57 Å². The Morgan fingerprint density at radius 2 is 1.90 bits per heavy atom. The summed E-state index contributed by atoms with van der Waals surface area (Å²) in [6.07, 6.45) is 3.61. The molecule has 0 spiro atoms. The summed E-state index contributed by atoms with van der Waals surface area (Å²) in [4.78, 5) is 18.8. The molecule has 1 atom stereocenters. The number of hydrogen-bond donors (Lipinski definition) is 2. The van der Waals surface area contributed by atoms with Gasteiger partial charge in [0.05, 0.1) is 12.5 Å². The van der Waals surface area contributed by atoms with Gasteiger partial charge in [0.25, 0.3) is 0 Å². The van der Waals surface area contributed by atoms with E-state index in [1.807, 2.05) is 13.0 Å². The molecule has 1 heterocycles. The Balaban J connectivity index is 0.00000341. The quantitative estimate of drug-likeness (QED) is 0.321. The molecule has 2 aromatic carbocycles. The topological polar surface area (TPSA) is 70.7 Å². The number of aliphatic imine (C=N–C) groups is 1. The molecule has 0 aliphatic carbocycles. The lowest BCUT2D eigenvalue weighted by Crippen LogP contribution is -2.44. The smallest absolute Gasteiger partial charge is 0.222 e. The van der Waals surface area contributed by atoms with Crippen LogP contribution in [-0.2, 0) is 11.2 Å². The molecule has 5 nitrogen and oxygen atoms in total. The SMILES string of the molecule is CCNC(=NCC(Cc1ccc(F)cc1)C(N)=O)N1CC=C(c2ccccc2)CC1.I. The molecule has 3 rings (SSSR count). The van der Waals surface area contributed by atoms with E-state index in [9.17, 15) is 9.18 Å². The Morgan fingerprint density at radius 3 is 2.48 bits per heavy atom. The maximum absolute atomic E-state index is 13.1. The number of halogens is 2. The fourth-order valence-corrected chi connectivity index (χ4v) is 3.56. The largest absolute Gasteiger partial charge is 0.369 e. The van der Waals surface area contributed by atoms with Gasteiger partial charge in [0, 0.05) is 19.6 Å². The average molecular weight is 536 g/mol. The molecule has 0 radical (unpaired) electrons. The zero-order chi connectivity index (χ0) is 21.3. The molecule has 0 aromatic heterocycles. The van der Waals surface area contributed by atoms with Crippen LogP contribution in [0.2, 0.25) is 0 Å². The lowest BCUT2D eigenvalue weighted by atomic mass is 9.98. The summed E-state index contributed by atoms with van der Waals surface area (Å²) >= 11 is 0. The summed E-state index contributed by atoms with van der Waals surface area (Å²) in [5.41, 5.74) is 9.08. The van der Waals surface area contributed by atoms with Gasteiger partial charge in [-0.1, -0.05) is 48.5 Å². The van der Waals surface area contributed by atoms with Crippen molar-refractivity contribution in [3.05, 3.63) is 77.6 Å². The minimum atomic E-state index is -0.440. The van der Waals surface area contributed by atoms with E-state index in [4.69, 9.17) is 10.7 Å². The zero-order valence-electron chi connectivity index (χ0n) is 17.8. The number of hydrogen-bond acceptors (Lipinski definition) is 2. The fourth-order valence-electron chi connectivity index (χ4n) is 3.56. The summed E-state index contributed by atoms with van der Waals surface area (Å²) in [6.45, 7) is 4.67. The number of nitrogens with zero attached hydrogens (tertiary/aromatic N) is 2. The second-order valence-corrected chi connectivity index (χ2v) is 7.42. The van der Waals surface area contributed by atoms with Crippen molar-refractivity contribution in [2.75, 3.05) is 26.2 Å². The molecule has 0 saturated carbocycles. The molecule has 31 heavy (non-hydrogen) atoms. The summed E-state index contributed by atoms with van der Waals surface area (Å²) in [7, 11) is 0. The van der Waals surface area contributed by atoms with Gasteiger partial charge in [0.15, 0.2) is 5.96 Å². The van der Waals surface area contributed by atoms with E-state index < -0.39 is 11.8 Å². The fraction of sp³-hybridized carbons (Fsp3) is 0.333. The summed E-state index contributed by atoms with van der Waals surface area (Å²) in [5.74, 6) is -0.353. The number of benzene rings is 2. The molecule has 0 bridgehead atoms. The van der Waals surface area contributed by atoms with Crippen LogP contribution in [0.15, 0.2) is 65.7 Å². The van der Waals surface area contributed by atoms with Crippen LogP contribution in [0.4, 0.5) is 4.39 Å². The molecule has 1 aliphatic rings. The Hall–Kier alpha value is -2.42. The molecule has 1 aliphatic heterocycles. The van der Waals surface area contributed by atoms with Crippen molar-refractivity contribution in [2.45, 2.75) is 19.8 Å². The first-order valence-corrected chi connectivity index (χ1v) is 10.4. The number of carbonyl (C=O) groups is 1. The van der Waals surface area contributed by atoms with E-state index >= 15 is 0 Å². The maximum atomic E-state index is 13.1. The Kier molecular flexibility index (Phi) is 9.97. The minimum Gasteiger partial charge on any atom is -0.369 e. The number of nitrogens with two attached hydrogens (primary N) is 1. The third-order valence-electron chi connectivity index (χ3n) is 5.25. The van der Waals surface area contributed by atoms with E-state index in [1.165, 1.54) is 23.3 Å². The van der Waals surface area contributed by atoms with Crippen molar-refractivity contribution in [3.8, 4) is 0 Å². The van der Waals surface area contributed by atoms with Crippen LogP contribution in [0, 0.1) is 11.7 Å². The average Bonchev–Trinajstić information content (AvgIpc) is 2.77. The van der Waals surface area contributed by atoms with Crippen LogP contribution in [0.1, 0.15) is 24.5 Å². The predicted octanol–water partition coefficient (Wildman–Crippen LogP) is 3.84. The first kappa shape index (κ1) is 24.8. The van der Waals surface area contributed by atoms with Crippen molar-refractivity contribution in [3.63, 3.8) is 0 Å². The molecule has 166 valence electrons. The van der Waals surface area contributed by atoms with Gasteiger partial charge in [-0.2, -0.15) is 0 Å². The zero-order valence-corrected chi connectivity index (χ0v) is 20.1. The van der Waals surface area contributed by atoms with E-state index in [1.54, 1.807) is 12.1 Å². The maximum Gasteiger partial charge on any atom is 0.222 e. The molecular weight excluding hydrogens is 506 g/mol. The normalized spacial score (nSPS) is 15.0. The van der Waals surface area contributed by atoms with Crippen LogP contribution in [0.5, 0.6) is 0 Å².